The van der Waals surface area contributed by atoms with Crippen molar-refractivity contribution in [2.45, 2.75) is 6.54 Å². The van der Waals surface area contributed by atoms with Gasteiger partial charge in [-0.2, -0.15) is 5.10 Å². The van der Waals surface area contributed by atoms with Crippen molar-refractivity contribution in [3.63, 3.8) is 0 Å². The summed E-state index contributed by atoms with van der Waals surface area (Å²) in [6.45, 7) is 0.633. The molecule has 0 fully saturated rings. The Labute approximate surface area is 149 Å². The highest BCUT2D eigenvalue weighted by Gasteiger charge is 2.10. The zero-order valence-corrected chi connectivity index (χ0v) is 13.8. The molecule has 3 heterocycles. The first-order valence-electron chi connectivity index (χ1n) is 8.08. The first-order chi connectivity index (χ1) is 12.7. The van der Waals surface area contributed by atoms with E-state index in [1.807, 2.05) is 42.7 Å². The molecule has 0 aliphatic heterocycles. The zero-order chi connectivity index (χ0) is 17.9. The largest absolute Gasteiger partial charge is 0.366 e. The summed E-state index contributed by atoms with van der Waals surface area (Å²) in [5.74, 6) is 0.299. The lowest BCUT2D eigenvalue weighted by molar-refractivity contribution is 0.100. The average molecular weight is 344 g/mol. The molecule has 7 heteroatoms. The van der Waals surface area contributed by atoms with Crippen molar-refractivity contribution in [3.05, 3.63) is 78.4 Å². The lowest BCUT2D eigenvalue weighted by Crippen LogP contribution is -2.10. The van der Waals surface area contributed by atoms with Crippen molar-refractivity contribution < 1.29 is 4.79 Å². The number of nitrogens with two attached hydrogens (primary N) is 1. The number of nitrogens with zero attached hydrogens (tertiary/aromatic N) is 4. The van der Waals surface area contributed by atoms with Crippen molar-refractivity contribution in [2.75, 3.05) is 5.32 Å². The summed E-state index contributed by atoms with van der Waals surface area (Å²) in [5, 5.41) is 7.63. The molecule has 3 N–H and O–H groups in total. The Morgan fingerprint density at radius 1 is 1.12 bits per heavy atom. The molecule has 26 heavy (non-hydrogen) atoms. The molecule has 0 aliphatic rings. The van der Waals surface area contributed by atoms with Crippen LogP contribution in [0.15, 0.2) is 67.3 Å². The maximum atomic E-state index is 11.2. The third kappa shape index (κ3) is 3.10. The third-order valence-corrected chi connectivity index (χ3v) is 4.05. The van der Waals surface area contributed by atoms with E-state index in [0.29, 0.717) is 12.1 Å². The fourth-order valence-electron chi connectivity index (χ4n) is 2.68. The zero-order valence-electron chi connectivity index (χ0n) is 13.8. The second-order valence-corrected chi connectivity index (χ2v) is 5.80. The lowest BCUT2D eigenvalue weighted by Gasteiger charge is -2.06. The van der Waals surface area contributed by atoms with Crippen LogP contribution in [0.4, 0.5) is 5.82 Å². The Hall–Kier alpha value is -3.74. The molecule has 7 nitrogen and oxygen atoms in total. The summed E-state index contributed by atoms with van der Waals surface area (Å²) in [4.78, 5) is 20.0. The number of pyridine rings is 1. The second kappa shape index (κ2) is 6.64. The van der Waals surface area contributed by atoms with E-state index in [-0.39, 0.29) is 0 Å². The summed E-state index contributed by atoms with van der Waals surface area (Å²) in [6.07, 6.45) is 7.17. The molecule has 0 saturated heterocycles. The van der Waals surface area contributed by atoms with E-state index in [2.05, 4.69) is 20.4 Å². The van der Waals surface area contributed by atoms with Gasteiger partial charge >= 0.3 is 0 Å². The Morgan fingerprint density at radius 2 is 1.96 bits per heavy atom. The molecule has 0 atom stereocenters. The summed E-state index contributed by atoms with van der Waals surface area (Å²) in [5.41, 5.74) is 9.37. The molecule has 1 aromatic carbocycles. The van der Waals surface area contributed by atoms with Crippen LogP contribution in [0, 0.1) is 0 Å². The SMILES string of the molecule is NC(=O)c1ccc(-c2cnn3ccc(NCc4cccnc4)nc23)cc1. The highest BCUT2D eigenvalue weighted by atomic mass is 16.1. The number of rotatable bonds is 5. The molecule has 0 bridgehead atoms. The quantitative estimate of drug-likeness (QED) is 0.580. The second-order valence-electron chi connectivity index (χ2n) is 5.80. The first-order valence-corrected chi connectivity index (χ1v) is 8.08. The number of aromatic nitrogens is 4. The number of benzene rings is 1. The molecule has 0 unspecified atom stereocenters. The average Bonchev–Trinajstić information content (AvgIpc) is 3.10. The van der Waals surface area contributed by atoms with Gasteiger partial charge in [-0.1, -0.05) is 18.2 Å². The van der Waals surface area contributed by atoms with E-state index in [1.54, 1.807) is 29.0 Å². The van der Waals surface area contributed by atoms with Crippen molar-refractivity contribution in [1.29, 1.82) is 0 Å². The molecule has 4 aromatic rings. The Bertz CT molecular complexity index is 1060. The normalized spacial score (nSPS) is 10.8. The molecule has 3 aromatic heterocycles. The summed E-state index contributed by atoms with van der Waals surface area (Å²) in [7, 11) is 0. The fraction of sp³-hybridized carbons (Fsp3) is 0.0526. The van der Waals surface area contributed by atoms with Crippen LogP contribution in [0.25, 0.3) is 16.8 Å². The number of fused-ring (bicyclic) bond motifs is 1. The minimum atomic E-state index is -0.448. The van der Waals surface area contributed by atoms with Crippen molar-refractivity contribution in [3.8, 4) is 11.1 Å². The molecule has 4 rings (SSSR count). The van der Waals surface area contributed by atoms with Crippen LogP contribution < -0.4 is 11.1 Å². The van der Waals surface area contributed by atoms with Crippen molar-refractivity contribution in [1.82, 2.24) is 19.6 Å². The minimum absolute atomic E-state index is 0.448. The van der Waals surface area contributed by atoms with Gasteiger partial charge in [0.05, 0.1) is 6.20 Å². The molecule has 128 valence electrons. The standard InChI is InChI=1S/C19H16N6O/c20-18(26)15-5-3-14(4-6-15)16-12-23-25-9-7-17(24-19(16)25)22-11-13-2-1-8-21-10-13/h1-10,12H,11H2,(H2,20,26)(H,22,24). The highest BCUT2D eigenvalue weighted by molar-refractivity contribution is 5.93. The van der Waals surface area contributed by atoms with Crippen LogP contribution in [-0.4, -0.2) is 25.5 Å². The number of amides is 1. The molecule has 0 radical (unpaired) electrons. The van der Waals surface area contributed by atoms with E-state index in [0.717, 1.165) is 28.2 Å². The van der Waals surface area contributed by atoms with Gasteiger partial charge in [0.1, 0.15) is 5.82 Å². The third-order valence-electron chi connectivity index (χ3n) is 4.05. The van der Waals surface area contributed by atoms with E-state index >= 15 is 0 Å². The fourth-order valence-corrected chi connectivity index (χ4v) is 2.68. The number of carbonyl (C=O) groups is 1. The molecule has 0 spiro atoms. The minimum Gasteiger partial charge on any atom is -0.366 e. The highest BCUT2D eigenvalue weighted by Crippen LogP contribution is 2.24. The maximum Gasteiger partial charge on any atom is 0.248 e. The maximum absolute atomic E-state index is 11.2. The number of hydrogen-bond acceptors (Lipinski definition) is 5. The van der Waals surface area contributed by atoms with Gasteiger partial charge in [0.15, 0.2) is 5.65 Å². The van der Waals surface area contributed by atoms with Crippen LogP contribution in [0.2, 0.25) is 0 Å². The number of carbonyl (C=O) groups excluding carboxylic acids is 1. The van der Waals surface area contributed by atoms with Gasteiger partial charge in [-0.25, -0.2) is 9.50 Å². The van der Waals surface area contributed by atoms with Gasteiger partial charge in [-0.15, -0.1) is 0 Å². The number of nitrogens with one attached hydrogen (secondary N) is 1. The Kier molecular flexibility index (Phi) is 4.03. The monoisotopic (exact) mass is 344 g/mol. The summed E-state index contributed by atoms with van der Waals surface area (Å²) >= 11 is 0. The van der Waals surface area contributed by atoms with Crippen LogP contribution in [0.3, 0.4) is 0 Å². The van der Waals surface area contributed by atoms with Gasteiger partial charge in [-0.3, -0.25) is 9.78 Å². The molecule has 0 aliphatic carbocycles. The number of primary amides is 1. The number of anilines is 1. The predicted molar refractivity (Wildman–Crippen MR) is 98.5 cm³/mol. The van der Waals surface area contributed by atoms with Gasteiger partial charge in [0.25, 0.3) is 0 Å². The number of hydrogen-bond donors (Lipinski definition) is 2. The first kappa shape index (κ1) is 15.8. The van der Waals surface area contributed by atoms with Crippen molar-refractivity contribution in [2.24, 2.45) is 5.73 Å². The van der Waals surface area contributed by atoms with E-state index in [9.17, 15) is 4.79 Å². The van der Waals surface area contributed by atoms with E-state index in [4.69, 9.17) is 5.73 Å². The van der Waals surface area contributed by atoms with Crippen LogP contribution >= 0.6 is 0 Å². The molecular formula is C19H16N6O. The Balaban J connectivity index is 1.63. The van der Waals surface area contributed by atoms with Gasteiger partial charge < -0.3 is 11.1 Å². The molecule has 0 saturated carbocycles. The lowest BCUT2D eigenvalue weighted by atomic mass is 10.1. The van der Waals surface area contributed by atoms with Crippen LogP contribution in [-0.2, 0) is 6.54 Å². The van der Waals surface area contributed by atoms with Gasteiger partial charge in [0, 0.05) is 36.3 Å². The predicted octanol–water partition coefficient (Wildman–Crippen LogP) is 2.50. The Morgan fingerprint density at radius 3 is 2.69 bits per heavy atom. The van der Waals surface area contributed by atoms with Gasteiger partial charge in [-0.05, 0) is 35.4 Å². The summed E-state index contributed by atoms with van der Waals surface area (Å²) < 4.78 is 1.71. The van der Waals surface area contributed by atoms with E-state index < -0.39 is 5.91 Å². The molecular weight excluding hydrogens is 328 g/mol. The smallest absolute Gasteiger partial charge is 0.248 e. The van der Waals surface area contributed by atoms with Crippen LogP contribution in [0.5, 0.6) is 0 Å². The topological polar surface area (TPSA) is 98.2 Å². The van der Waals surface area contributed by atoms with Gasteiger partial charge in [0.2, 0.25) is 5.91 Å². The summed E-state index contributed by atoms with van der Waals surface area (Å²) in [6, 6.07) is 12.9. The van der Waals surface area contributed by atoms with Crippen LogP contribution in [0.1, 0.15) is 15.9 Å². The van der Waals surface area contributed by atoms with Crippen molar-refractivity contribution >= 4 is 17.4 Å². The molecule has 1 amide bonds. The van der Waals surface area contributed by atoms with E-state index in [1.165, 1.54) is 0 Å².